The molecule has 0 N–H and O–H groups in total. The Hall–Kier alpha value is -2.49. The Morgan fingerprint density at radius 3 is 2.68 bits per heavy atom. The number of hydrogen-bond donors (Lipinski definition) is 0. The lowest BCUT2D eigenvalue weighted by atomic mass is 9.95. The molecule has 2 aliphatic rings. The molecule has 0 spiro atoms. The molecule has 1 aliphatic carbocycles. The smallest absolute Gasteiger partial charge is 0.0998 e. The van der Waals surface area contributed by atoms with Crippen LogP contribution in [0.1, 0.15) is 22.3 Å². The summed E-state index contributed by atoms with van der Waals surface area (Å²) >= 11 is -0.812. The van der Waals surface area contributed by atoms with Gasteiger partial charge in [-0.1, -0.05) is 48.5 Å². The predicted octanol–water partition coefficient (Wildman–Crippen LogP) is 4.97. The van der Waals surface area contributed by atoms with Crippen molar-refractivity contribution in [2.24, 2.45) is 0 Å². The van der Waals surface area contributed by atoms with Gasteiger partial charge in [-0.2, -0.15) is 5.26 Å². The first-order valence-corrected chi connectivity index (χ1v) is 9.95. The lowest BCUT2D eigenvalue weighted by Crippen LogP contribution is -2.00. The second-order valence-corrected chi connectivity index (χ2v) is 8.42. The molecule has 4 rings (SSSR count). The van der Waals surface area contributed by atoms with E-state index in [1.54, 1.807) is 6.20 Å². The van der Waals surface area contributed by atoms with Crippen molar-refractivity contribution in [1.82, 2.24) is 3.28 Å². The highest BCUT2D eigenvalue weighted by atomic mass is 127. The quantitative estimate of drug-likeness (QED) is 0.468. The summed E-state index contributed by atoms with van der Waals surface area (Å²) in [5.41, 5.74) is 5.94. The lowest BCUT2D eigenvalue weighted by Gasteiger charge is -2.20. The molecule has 25 heavy (non-hydrogen) atoms. The summed E-state index contributed by atoms with van der Waals surface area (Å²) in [6.07, 6.45) is 8.59. The Labute approximate surface area is 156 Å². The van der Waals surface area contributed by atoms with Gasteiger partial charge in [0.15, 0.2) is 0 Å². The van der Waals surface area contributed by atoms with Gasteiger partial charge in [-0.25, -0.2) is 0 Å². The molecule has 0 aromatic heterocycles. The second kappa shape index (κ2) is 6.79. The minimum absolute atomic E-state index is 0.683. The Kier molecular flexibility index (Phi) is 4.35. The normalized spacial score (nSPS) is 16.0. The van der Waals surface area contributed by atoms with Gasteiger partial charge in [0, 0.05) is 9.71 Å². The monoisotopic (exact) mass is 437 g/mol. The zero-order valence-corrected chi connectivity index (χ0v) is 15.5. The van der Waals surface area contributed by atoms with E-state index in [9.17, 15) is 10.5 Å². The molecular weight excluding hydrogens is 423 g/mol. The molecule has 122 valence electrons. The molecule has 2 aromatic rings. The van der Waals surface area contributed by atoms with Crippen molar-refractivity contribution < 1.29 is 0 Å². The van der Waals surface area contributed by atoms with Crippen LogP contribution in [-0.4, -0.2) is 6.79 Å². The maximum Gasteiger partial charge on any atom is 0.0998 e. The number of hydroxylamine groups is 1. The minimum Gasteiger partial charge on any atom is -0.750 e. The summed E-state index contributed by atoms with van der Waals surface area (Å²) in [5, 5.41) is 21.7. The van der Waals surface area contributed by atoms with Crippen LogP contribution in [0.25, 0.3) is 11.6 Å². The van der Waals surface area contributed by atoms with E-state index in [1.165, 1.54) is 5.57 Å². The Balaban J connectivity index is 1.84. The summed E-state index contributed by atoms with van der Waals surface area (Å²) in [7, 11) is 0. The number of rotatable bonds is 1. The van der Waals surface area contributed by atoms with Gasteiger partial charge in [0.25, 0.3) is 0 Å². The van der Waals surface area contributed by atoms with E-state index in [1.807, 2.05) is 54.6 Å². The first-order chi connectivity index (χ1) is 12.2. The number of nitriles is 1. The molecule has 3 nitrogen and oxygen atoms in total. The van der Waals surface area contributed by atoms with Crippen LogP contribution in [0.4, 0.5) is 0 Å². The number of hydrogen-bond acceptors (Lipinski definition) is 3. The highest BCUT2D eigenvalue weighted by Gasteiger charge is 2.17. The molecule has 0 atom stereocenters. The van der Waals surface area contributed by atoms with Crippen LogP contribution in [0.5, 0.6) is 0 Å². The second-order valence-electron chi connectivity index (χ2n) is 5.82. The SMILES string of the molecule is N#Cc1cccc2c1C=CC1=IN([O-])C=C(c3ccccc3)C=C1C2. The van der Waals surface area contributed by atoms with E-state index >= 15 is 0 Å². The molecule has 0 fully saturated rings. The van der Waals surface area contributed by atoms with Gasteiger partial charge in [-0.15, -0.1) is 0 Å². The Morgan fingerprint density at radius 2 is 1.88 bits per heavy atom. The third-order valence-electron chi connectivity index (χ3n) is 4.25. The zero-order valence-electron chi connectivity index (χ0n) is 13.3. The molecule has 1 aliphatic heterocycles. The van der Waals surface area contributed by atoms with Gasteiger partial charge in [-0.3, -0.25) is 0 Å². The molecule has 0 saturated heterocycles. The van der Waals surface area contributed by atoms with Crippen molar-refractivity contribution in [3.8, 4) is 6.07 Å². The number of benzene rings is 2. The van der Waals surface area contributed by atoms with Gasteiger partial charge in [0.2, 0.25) is 0 Å². The minimum atomic E-state index is -0.812. The van der Waals surface area contributed by atoms with Crippen LogP contribution < -0.4 is 0 Å². The molecule has 0 amide bonds. The molecule has 1 heterocycles. The highest BCUT2D eigenvalue weighted by molar-refractivity contribution is 14.2. The van der Waals surface area contributed by atoms with Crippen molar-refractivity contribution in [1.29, 1.82) is 5.26 Å². The molecule has 0 saturated carbocycles. The van der Waals surface area contributed by atoms with E-state index in [0.717, 1.165) is 35.5 Å². The summed E-state index contributed by atoms with van der Waals surface area (Å²) in [4.78, 5) is 0. The van der Waals surface area contributed by atoms with Gasteiger partial charge in [0.05, 0.1) is 11.6 Å². The van der Waals surface area contributed by atoms with Crippen molar-refractivity contribution >= 4 is 36.2 Å². The van der Waals surface area contributed by atoms with Crippen LogP contribution in [0, 0.1) is 16.5 Å². The van der Waals surface area contributed by atoms with Gasteiger partial charge >= 0.3 is 0 Å². The first kappa shape index (κ1) is 16.0. The van der Waals surface area contributed by atoms with Crippen molar-refractivity contribution in [3.63, 3.8) is 0 Å². The van der Waals surface area contributed by atoms with Crippen LogP contribution in [-0.2, 0) is 6.42 Å². The third-order valence-corrected chi connectivity index (χ3v) is 6.58. The number of fused-ring (bicyclic) bond motifs is 2. The number of halogens is 1. The predicted molar refractivity (Wildman–Crippen MR) is 111 cm³/mol. The van der Waals surface area contributed by atoms with E-state index in [-0.39, 0.29) is 0 Å². The maximum absolute atomic E-state index is 12.4. The van der Waals surface area contributed by atoms with Crippen LogP contribution in [0.15, 0.2) is 72.5 Å². The van der Waals surface area contributed by atoms with Gasteiger partial charge in [0.1, 0.15) is 0 Å². The van der Waals surface area contributed by atoms with Crippen molar-refractivity contribution in [2.45, 2.75) is 6.42 Å². The fraction of sp³-hybridized carbons (Fsp3) is 0.0476. The number of allylic oxidation sites excluding steroid dienone is 4. The van der Waals surface area contributed by atoms with Crippen LogP contribution in [0.2, 0.25) is 0 Å². The van der Waals surface area contributed by atoms with Crippen molar-refractivity contribution in [2.75, 3.05) is 0 Å². The van der Waals surface area contributed by atoms with E-state index in [2.05, 4.69) is 18.2 Å². The van der Waals surface area contributed by atoms with Crippen molar-refractivity contribution in [3.05, 3.63) is 99.9 Å². The fourth-order valence-corrected chi connectivity index (χ4v) is 5.00. The topological polar surface area (TPSA) is 50.1 Å². The molecule has 4 heteroatoms. The molecule has 0 unspecified atom stereocenters. The average molecular weight is 437 g/mol. The largest absolute Gasteiger partial charge is 0.750 e. The van der Waals surface area contributed by atoms with Crippen LogP contribution >= 0.6 is 21.0 Å². The standard InChI is InChI=1S/C21H14IN2O/c23-13-17-8-4-7-16-11-18-12-19(15-5-2-1-3-6-15)14-24(25)22-21(18)10-9-20(16)17/h1-10,12,14H,11H2/q-1. The highest BCUT2D eigenvalue weighted by Crippen LogP contribution is 2.32. The van der Waals surface area contributed by atoms with Gasteiger partial charge < -0.3 is 8.48 Å². The van der Waals surface area contributed by atoms with E-state index in [0.29, 0.717) is 5.56 Å². The third kappa shape index (κ3) is 3.21. The fourth-order valence-electron chi connectivity index (χ4n) is 3.05. The maximum atomic E-state index is 12.4. The lowest BCUT2D eigenvalue weighted by molar-refractivity contribution is 0.931. The average Bonchev–Trinajstić information content (AvgIpc) is 2.90. The molecule has 2 aromatic carbocycles. The summed E-state index contributed by atoms with van der Waals surface area (Å²) < 4.78 is 2.20. The Bertz CT molecular complexity index is 994. The number of nitrogens with zero attached hydrogens (tertiary/aromatic N) is 2. The Morgan fingerprint density at radius 1 is 1.04 bits per heavy atom. The summed E-state index contributed by atoms with van der Waals surface area (Å²) in [5.74, 6) is 0. The van der Waals surface area contributed by atoms with Crippen LogP contribution in [0.3, 0.4) is 0 Å². The first-order valence-electron chi connectivity index (χ1n) is 7.91. The van der Waals surface area contributed by atoms with E-state index in [4.69, 9.17) is 0 Å². The molecule has 0 radical (unpaired) electrons. The molecule has 0 bridgehead atoms. The summed E-state index contributed by atoms with van der Waals surface area (Å²) in [6.45, 7) is 0. The van der Waals surface area contributed by atoms with Gasteiger partial charge in [-0.05, 0) is 73.5 Å². The summed E-state index contributed by atoms with van der Waals surface area (Å²) in [6, 6.07) is 18.1. The van der Waals surface area contributed by atoms with E-state index < -0.39 is 21.0 Å². The molecular formula is C21H14IN2O-. The zero-order chi connectivity index (χ0) is 17.2.